The molecule has 1 unspecified atom stereocenters. The van der Waals surface area contributed by atoms with E-state index >= 15 is 0 Å². The van der Waals surface area contributed by atoms with Gasteiger partial charge >= 0.3 is 0 Å². The Kier molecular flexibility index (Phi) is 5.96. The number of nitrogens with zero attached hydrogens (tertiary/aromatic N) is 2. The van der Waals surface area contributed by atoms with Gasteiger partial charge in [0.05, 0.1) is 0 Å². The van der Waals surface area contributed by atoms with Gasteiger partial charge in [-0.25, -0.2) is 9.97 Å². The second-order valence-corrected chi connectivity index (χ2v) is 6.39. The van der Waals surface area contributed by atoms with Gasteiger partial charge in [-0.05, 0) is 50.1 Å². The number of aryl methyl sites for hydroxylation is 1. The van der Waals surface area contributed by atoms with Crippen LogP contribution in [-0.2, 0) is 19.3 Å². The molecule has 0 aliphatic heterocycles. The SMILES string of the molecule is CCNC(Cc1ncnc2c1CCCCC2)CC(C)C. The van der Waals surface area contributed by atoms with Crippen LogP contribution >= 0.6 is 0 Å². The van der Waals surface area contributed by atoms with Crippen molar-refractivity contribution in [3.8, 4) is 0 Å². The van der Waals surface area contributed by atoms with Gasteiger partial charge in [0.2, 0.25) is 0 Å². The molecule has 0 saturated heterocycles. The first-order valence-electron chi connectivity index (χ1n) is 8.25. The summed E-state index contributed by atoms with van der Waals surface area (Å²) in [6.07, 6.45) is 10.3. The fraction of sp³-hybridized carbons (Fsp3) is 0.765. The van der Waals surface area contributed by atoms with Gasteiger partial charge in [0.1, 0.15) is 6.33 Å². The van der Waals surface area contributed by atoms with E-state index in [1.165, 1.54) is 49.1 Å². The van der Waals surface area contributed by atoms with Gasteiger partial charge in [-0.1, -0.05) is 27.2 Å². The molecule has 112 valence electrons. The molecular formula is C17H29N3. The molecule has 0 amide bonds. The molecule has 2 rings (SSSR count). The van der Waals surface area contributed by atoms with Crippen LogP contribution in [0.15, 0.2) is 6.33 Å². The minimum atomic E-state index is 0.544. The zero-order chi connectivity index (χ0) is 14.4. The molecule has 0 bridgehead atoms. The van der Waals surface area contributed by atoms with Gasteiger partial charge < -0.3 is 5.32 Å². The number of nitrogens with one attached hydrogen (secondary N) is 1. The Morgan fingerprint density at radius 1 is 1.15 bits per heavy atom. The van der Waals surface area contributed by atoms with Crippen molar-refractivity contribution in [2.75, 3.05) is 6.54 Å². The Morgan fingerprint density at radius 2 is 1.95 bits per heavy atom. The van der Waals surface area contributed by atoms with E-state index < -0.39 is 0 Å². The summed E-state index contributed by atoms with van der Waals surface area (Å²) in [5.41, 5.74) is 4.06. The van der Waals surface area contributed by atoms with Crippen molar-refractivity contribution in [1.82, 2.24) is 15.3 Å². The molecule has 3 nitrogen and oxygen atoms in total. The molecule has 1 aliphatic rings. The smallest absolute Gasteiger partial charge is 0.115 e. The van der Waals surface area contributed by atoms with E-state index in [4.69, 9.17) is 0 Å². The minimum absolute atomic E-state index is 0.544. The van der Waals surface area contributed by atoms with E-state index in [-0.39, 0.29) is 0 Å². The molecule has 1 aliphatic carbocycles. The molecule has 0 spiro atoms. The van der Waals surface area contributed by atoms with E-state index in [1.807, 2.05) is 0 Å². The molecule has 0 fully saturated rings. The maximum Gasteiger partial charge on any atom is 0.115 e. The number of rotatable bonds is 6. The van der Waals surface area contributed by atoms with Crippen molar-refractivity contribution < 1.29 is 0 Å². The van der Waals surface area contributed by atoms with E-state index in [1.54, 1.807) is 6.33 Å². The summed E-state index contributed by atoms with van der Waals surface area (Å²) >= 11 is 0. The van der Waals surface area contributed by atoms with Crippen molar-refractivity contribution in [1.29, 1.82) is 0 Å². The molecule has 3 heteroatoms. The van der Waals surface area contributed by atoms with E-state index in [9.17, 15) is 0 Å². The summed E-state index contributed by atoms with van der Waals surface area (Å²) in [5.74, 6) is 0.722. The third kappa shape index (κ3) is 4.27. The van der Waals surface area contributed by atoms with Crippen LogP contribution in [0, 0.1) is 5.92 Å². The molecule has 1 N–H and O–H groups in total. The normalized spacial score (nSPS) is 16.8. The van der Waals surface area contributed by atoms with Crippen LogP contribution in [0.3, 0.4) is 0 Å². The van der Waals surface area contributed by atoms with Gasteiger partial charge in [0.25, 0.3) is 0 Å². The molecule has 1 aromatic rings. The van der Waals surface area contributed by atoms with Crippen LogP contribution in [0.25, 0.3) is 0 Å². The largest absolute Gasteiger partial charge is 0.314 e. The zero-order valence-corrected chi connectivity index (χ0v) is 13.3. The van der Waals surface area contributed by atoms with Crippen molar-refractivity contribution in [3.05, 3.63) is 23.3 Å². The van der Waals surface area contributed by atoms with Gasteiger partial charge in [0, 0.05) is 23.9 Å². The third-order valence-corrected chi connectivity index (χ3v) is 4.15. The Balaban J connectivity index is 2.14. The lowest BCUT2D eigenvalue weighted by atomic mass is 9.96. The van der Waals surface area contributed by atoms with E-state index in [0.29, 0.717) is 6.04 Å². The second kappa shape index (κ2) is 7.72. The van der Waals surface area contributed by atoms with Crippen molar-refractivity contribution >= 4 is 0 Å². The second-order valence-electron chi connectivity index (χ2n) is 6.39. The Morgan fingerprint density at radius 3 is 2.70 bits per heavy atom. The fourth-order valence-electron chi connectivity index (χ4n) is 3.27. The average Bonchev–Trinajstić information content (AvgIpc) is 2.64. The lowest BCUT2D eigenvalue weighted by molar-refractivity contribution is 0.420. The van der Waals surface area contributed by atoms with E-state index in [2.05, 4.69) is 36.1 Å². The van der Waals surface area contributed by atoms with Crippen LogP contribution in [0.5, 0.6) is 0 Å². The molecule has 0 aromatic carbocycles. The highest BCUT2D eigenvalue weighted by Crippen LogP contribution is 2.22. The number of fused-ring (bicyclic) bond motifs is 1. The lowest BCUT2D eigenvalue weighted by Gasteiger charge is -2.21. The van der Waals surface area contributed by atoms with E-state index in [0.717, 1.165) is 25.3 Å². The Hall–Kier alpha value is -0.960. The number of aromatic nitrogens is 2. The summed E-state index contributed by atoms with van der Waals surface area (Å²) in [6.45, 7) is 7.81. The fourth-order valence-corrected chi connectivity index (χ4v) is 3.27. The maximum atomic E-state index is 4.61. The summed E-state index contributed by atoms with van der Waals surface area (Å²) in [7, 11) is 0. The minimum Gasteiger partial charge on any atom is -0.314 e. The van der Waals surface area contributed by atoms with Crippen LogP contribution in [0.2, 0.25) is 0 Å². The topological polar surface area (TPSA) is 37.8 Å². The first-order chi connectivity index (χ1) is 9.70. The number of hydrogen-bond acceptors (Lipinski definition) is 3. The summed E-state index contributed by atoms with van der Waals surface area (Å²) in [6, 6.07) is 0.544. The zero-order valence-electron chi connectivity index (χ0n) is 13.3. The standard InChI is InChI=1S/C17H29N3/c1-4-18-14(10-13(2)3)11-17-15-8-6-5-7-9-16(15)19-12-20-17/h12-14,18H,4-11H2,1-3H3. The average molecular weight is 275 g/mol. The molecule has 20 heavy (non-hydrogen) atoms. The monoisotopic (exact) mass is 275 g/mol. The predicted molar refractivity (Wildman–Crippen MR) is 83.9 cm³/mol. The van der Waals surface area contributed by atoms with Crippen molar-refractivity contribution in [3.63, 3.8) is 0 Å². The van der Waals surface area contributed by atoms with Crippen molar-refractivity contribution in [2.24, 2.45) is 5.92 Å². The van der Waals surface area contributed by atoms with Crippen LogP contribution in [0.4, 0.5) is 0 Å². The summed E-state index contributed by atoms with van der Waals surface area (Å²) in [4.78, 5) is 9.13. The Bertz CT molecular complexity index is 415. The summed E-state index contributed by atoms with van der Waals surface area (Å²) in [5, 5.41) is 3.62. The van der Waals surface area contributed by atoms with Gasteiger partial charge in [-0.15, -0.1) is 0 Å². The molecule has 1 heterocycles. The molecule has 0 radical (unpaired) electrons. The van der Waals surface area contributed by atoms with Crippen molar-refractivity contribution in [2.45, 2.75) is 71.8 Å². The van der Waals surface area contributed by atoms with Gasteiger partial charge in [-0.3, -0.25) is 0 Å². The first-order valence-corrected chi connectivity index (χ1v) is 8.25. The summed E-state index contributed by atoms with van der Waals surface area (Å²) < 4.78 is 0. The highest BCUT2D eigenvalue weighted by atomic mass is 14.9. The van der Waals surface area contributed by atoms with Gasteiger partial charge in [-0.2, -0.15) is 0 Å². The first kappa shape index (κ1) is 15.4. The predicted octanol–water partition coefficient (Wildman–Crippen LogP) is 3.31. The quantitative estimate of drug-likeness (QED) is 0.809. The van der Waals surface area contributed by atoms with Crippen LogP contribution < -0.4 is 5.32 Å². The molecule has 1 aromatic heterocycles. The van der Waals surface area contributed by atoms with Gasteiger partial charge in [0.15, 0.2) is 0 Å². The molecule has 0 saturated carbocycles. The number of likely N-dealkylation sites (N-methyl/N-ethyl adjacent to an activating group) is 1. The van der Waals surface area contributed by atoms with Crippen LogP contribution in [-0.4, -0.2) is 22.6 Å². The Labute approximate surface area is 123 Å². The highest BCUT2D eigenvalue weighted by Gasteiger charge is 2.18. The number of hydrogen-bond donors (Lipinski definition) is 1. The lowest BCUT2D eigenvalue weighted by Crippen LogP contribution is -2.33. The molecule has 1 atom stereocenters. The third-order valence-electron chi connectivity index (χ3n) is 4.15. The van der Waals surface area contributed by atoms with Crippen LogP contribution in [0.1, 0.15) is 63.4 Å². The maximum absolute atomic E-state index is 4.61. The molecular weight excluding hydrogens is 246 g/mol. The highest BCUT2D eigenvalue weighted by molar-refractivity contribution is 5.26.